The van der Waals surface area contributed by atoms with E-state index in [1.165, 1.54) is 12.1 Å². The van der Waals surface area contributed by atoms with E-state index in [-0.39, 0.29) is 24.1 Å². The summed E-state index contributed by atoms with van der Waals surface area (Å²) in [7, 11) is -3.97. The molecule has 0 saturated heterocycles. The fourth-order valence-corrected chi connectivity index (χ4v) is 3.19. The van der Waals surface area contributed by atoms with Crippen molar-refractivity contribution in [3.05, 3.63) is 24.3 Å². The van der Waals surface area contributed by atoms with E-state index >= 15 is 0 Å². The Morgan fingerprint density at radius 3 is 2.15 bits per heavy atom. The number of rotatable bonds is 10. The minimum absolute atomic E-state index is 0.00532. The molecular weight excluding hydrogens is 360 g/mol. The molecule has 0 fully saturated rings. The van der Waals surface area contributed by atoms with Gasteiger partial charge >= 0.3 is 5.97 Å². The predicted molar refractivity (Wildman–Crippen MR) is 98.6 cm³/mol. The summed E-state index contributed by atoms with van der Waals surface area (Å²) in [6.45, 7) is 7.37. The smallest absolute Gasteiger partial charge is 0.326 e. The van der Waals surface area contributed by atoms with Gasteiger partial charge in [0.1, 0.15) is 17.5 Å². The van der Waals surface area contributed by atoms with E-state index in [1.54, 1.807) is 12.1 Å². The molecule has 0 radical (unpaired) electrons. The molecule has 0 aromatic heterocycles. The van der Waals surface area contributed by atoms with Crippen molar-refractivity contribution >= 4 is 27.6 Å². The van der Waals surface area contributed by atoms with Gasteiger partial charge in [0.2, 0.25) is 15.9 Å². The molecule has 0 aliphatic rings. The molecule has 1 rings (SSSR count). The molecule has 0 saturated carbocycles. The maximum atomic E-state index is 12.1. The molecule has 8 nitrogen and oxygen atoms in total. The number of aliphatic carboxylic acids is 1. The van der Waals surface area contributed by atoms with Gasteiger partial charge in [-0.1, -0.05) is 13.8 Å². The highest BCUT2D eigenvalue weighted by atomic mass is 32.2. The third-order valence-electron chi connectivity index (χ3n) is 3.16. The van der Waals surface area contributed by atoms with Crippen LogP contribution in [0.15, 0.2) is 24.3 Å². The number of carboxylic acids is 1. The molecule has 0 bridgehead atoms. The fourth-order valence-electron chi connectivity index (χ4n) is 2.19. The van der Waals surface area contributed by atoms with Crippen LogP contribution in [0.4, 0.5) is 5.69 Å². The van der Waals surface area contributed by atoms with Gasteiger partial charge in [-0.3, -0.25) is 9.52 Å². The maximum absolute atomic E-state index is 12.1. The van der Waals surface area contributed by atoms with E-state index in [0.29, 0.717) is 5.75 Å². The monoisotopic (exact) mass is 386 g/mol. The number of hydrogen-bond donors (Lipinski definition) is 3. The van der Waals surface area contributed by atoms with Crippen LogP contribution in [-0.4, -0.2) is 43.3 Å². The molecule has 26 heavy (non-hydrogen) atoms. The van der Waals surface area contributed by atoms with Crippen LogP contribution in [-0.2, 0) is 19.6 Å². The second-order valence-electron chi connectivity index (χ2n) is 6.64. The van der Waals surface area contributed by atoms with Crippen molar-refractivity contribution in [1.29, 1.82) is 0 Å². The molecule has 0 aliphatic heterocycles. The van der Waals surface area contributed by atoms with Crippen LogP contribution in [0.2, 0.25) is 0 Å². The summed E-state index contributed by atoms with van der Waals surface area (Å²) in [6, 6.07) is 5.14. The van der Waals surface area contributed by atoms with Crippen molar-refractivity contribution < 1.29 is 27.9 Å². The van der Waals surface area contributed by atoms with Crippen molar-refractivity contribution in [3.8, 4) is 5.75 Å². The number of carboxylic acid groups (broad SMARTS) is 1. The molecule has 1 amide bonds. The Kier molecular flexibility index (Phi) is 7.88. The first-order valence-corrected chi connectivity index (χ1v) is 9.93. The number of benzene rings is 1. The molecule has 0 spiro atoms. The van der Waals surface area contributed by atoms with Gasteiger partial charge in [-0.05, 0) is 50.5 Å². The van der Waals surface area contributed by atoms with Crippen LogP contribution < -0.4 is 14.8 Å². The average Bonchev–Trinajstić information content (AvgIpc) is 2.46. The summed E-state index contributed by atoms with van der Waals surface area (Å²) in [4.78, 5) is 23.1. The zero-order valence-electron chi connectivity index (χ0n) is 15.4. The topological polar surface area (TPSA) is 122 Å². The van der Waals surface area contributed by atoms with E-state index in [0.717, 1.165) is 0 Å². The summed E-state index contributed by atoms with van der Waals surface area (Å²) < 4.78 is 31.9. The summed E-state index contributed by atoms with van der Waals surface area (Å²) in [6.07, 6.45) is 0.209. The van der Waals surface area contributed by atoms with Crippen LogP contribution in [0.5, 0.6) is 5.75 Å². The van der Waals surface area contributed by atoms with Gasteiger partial charge < -0.3 is 15.2 Å². The molecule has 1 aromatic rings. The van der Waals surface area contributed by atoms with Gasteiger partial charge in [-0.15, -0.1) is 0 Å². The summed E-state index contributed by atoms with van der Waals surface area (Å²) in [5.41, 5.74) is 0.283. The predicted octanol–water partition coefficient (Wildman–Crippen LogP) is 1.83. The number of nitrogens with one attached hydrogen (secondary N) is 2. The Labute approximate surface area is 154 Å². The molecule has 1 aromatic carbocycles. The van der Waals surface area contributed by atoms with Gasteiger partial charge in [0, 0.05) is 5.69 Å². The van der Waals surface area contributed by atoms with Crippen molar-refractivity contribution in [3.63, 3.8) is 0 Å². The maximum Gasteiger partial charge on any atom is 0.326 e. The number of amides is 1. The number of ether oxygens (including phenoxy) is 1. The Bertz CT molecular complexity index is 713. The Morgan fingerprint density at radius 1 is 1.12 bits per heavy atom. The minimum Gasteiger partial charge on any atom is -0.491 e. The van der Waals surface area contributed by atoms with E-state index in [4.69, 9.17) is 9.84 Å². The van der Waals surface area contributed by atoms with Gasteiger partial charge in [0.25, 0.3) is 0 Å². The lowest BCUT2D eigenvalue weighted by atomic mass is 10.0. The largest absolute Gasteiger partial charge is 0.491 e. The van der Waals surface area contributed by atoms with Gasteiger partial charge in [-0.2, -0.15) is 0 Å². The Balaban J connectivity index is 2.67. The highest BCUT2D eigenvalue weighted by Crippen LogP contribution is 2.18. The number of carbonyl (C=O) groups excluding carboxylic acids is 1. The average molecular weight is 386 g/mol. The molecular formula is C17H26N2O6S. The van der Waals surface area contributed by atoms with Gasteiger partial charge in [0.15, 0.2) is 0 Å². The van der Waals surface area contributed by atoms with Crippen LogP contribution in [0, 0.1) is 5.92 Å². The highest BCUT2D eigenvalue weighted by Gasteiger charge is 2.24. The van der Waals surface area contributed by atoms with E-state index in [9.17, 15) is 18.0 Å². The Morgan fingerprint density at radius 2 is 1.69 bits per heavy atom. The lowest BCUT2D eigenvalue weighted by Gasteiger charge is -2.16. The molecule has 3 N–H and O–H groups in total. The number of anilines is 1. The fraction of sp³-hybridized carbons (Fsp3) is 0.529. The molecule has 146 valence electrons. The van der Waals surface area contributed by atoms with E-state index in [2.05, 4.69) is 10.0 Å². The first kappa shape index (κ1) is 21.8. The third-order valence-corrected chi connectivity index (χ3v) is 4.35. The second-order valence-corrected chi connectivity index (χ2v) is 8.36. The second kappa shape index (κ2) is 9.42. The van der Waals surface area contributed by atoms with Crippen LogP contribution in [0.25, 0.3) is 0 Å². The van der Waals surface area contributed by atoms with E-state index in [1.807, 2.05) is 27.7 Å². The number of sulfonamides is 1. The minimum atomic E-state index is -3.97. The summed E-state index contributed by atoms with van der Waals surface area (Å²) in [5.74, 6) is -2.29. The van der Waals surface area contributed by atoms with Crippen molar-refractivity contribution in [1.82, 2.24) is 5.32 Å². The van der Waals surface area contributed by atoms with Crippen molar-refractivity contribution in [2.45, 2.75) is 46.3 Å². The van der Waals surface area contributed by atoms with Crippen LogP contribution >= 0.6 is 0 Å². The first-order valence-electron chi connectivity index (χ1n) is 8.28. The molecule has 0 aliphatic carbocycles. The third kappa shape index (κ3) is 8.19. The van der Waals surface area contributed by atoms with Crippen molar-refractivity contribution in [2.75, 3.05) is 10.5 Å². The van der Waals surface area contributed by atoms with Gasteiger partial charge in [-0.25, -0.2) is 13.2 Å². The summed E-state index contributed by atoms with van der Waals surface area (Å²) in [5, 5.41) is 11.3. The lowest BCUT2D eigenvalue weighted by Crippen LogP contribution is -2.44. The molecule has 1 unspecified atom stereocenters. The zero-order chi connectivity index (χ0) is 19.9. The Hall–Kier alpha value is -2.29. The normalized spacial score (nSPS) is 12.7. The lowest BCUT2D eigenvalue weighted by molar-refractivity contribution is -0.141. The summed E-state index contributed by atoms with van der Waals surface area (Å²) >= 11 is 0. The highest BCUT2D eigenvalue weighted by molar-refractivity contribution is 7.93. The van der Waals surface area contributed by atoms with Crippen molar-refractivity contribution in [2.24, 2.45) is 5.92 Å². The van der Waals surface area contributed by atoms with Gasteiger partial charge in [0.05, 0.1) is 6.10 Å². The molecule has 9 heteroatoms. The van der Waals surface area contributed by atoms with E-state index < -0.39 is 33.7 Å². The van der Waals surface area contributed by atoms with Crippen LogP contribution in [0.1, 0.15) is 34.1 Å². The standard InChI is InChI=1S/C17H26N2O6S/c1-11(2)9-15(17(21)22)18-16(20)10-26(23,24)19-13-5-7-14(8-6-13)25-12(3)4/h5-8,11-12,15,19H,9-10H2,1-4H3,(H,18,20)(H,21,22). The zero-order valence-corrected chi connectivity index (χ0v) is 16.2. The molecule has 1 atom stereocenters. The number of hydrogen-bond acceptors (Lipinski definition) is 5. The first-order chi connectivity index (χ1) is 12.0. The SMILES string of the molecule is CC(C)CC(NC(=O)CS(=O)(=O)Nc1ccc(OC(C)C)cc1)C(=O)O. The molecule has 0 heterocycles. The number of carbonyl (C=O) groups is 2. The quantitative estimate of drug-likeness (QED) is 0.564. The van der Waals surface area contributed by atoms with Crippen LogP contribution in [0.3, 0.4) is 0 Å².